The second-order valence-electron chi connectivity index (χ2n) is 5.71. The summed E-state index contributed by atoms with van der Waals surface area (Å²) in [7, 11) is 0. The molecule has 0 aliphatic rings. The molecule has 0 saturated heterocycles. The van der Waals surface area contributed by atoms with Gasteiger partial charge < -0.3 is 4.74 Å². The fourth-order valence-electron chi connectivity index (χ4n) is 2.85. The van der Waals surface area contributed by atoms with Crippen molar-refractivity contribution in [2.75, 3.05) is 6.61 Å². The molecule has 0 bridgehead atoms. The predicted octanol–water partition coefficient (Wildman–Crippen LogP) is 4.40. The number of ether oxygens (including phenoxy) is 1. The topological polar surface area (TPSA) is 52.8 Å². The van der Waals surface area contributed by atoms with E-state index < -0.39 is 0 Å². The Labute approximate surface area is 151 Å². The Morgan fingerprint density at radius 1 is 0.769 bits per heavy atom. The van der Waals surface area contributed by atoms with Gasteiger partial charge in [-0.2, -0.15) is 0 Å². The molecule has 26 heavy (non-hydrogen) atoms. The van der Waals surface area contributed by atoms with Gasteiger partial charge in [-0.15, -0.1) is 10.2 Å². The van der Waals surface area contributed by atoms with E-state index in [0.29, 0.717) is 6.61 Å². The molecule has 0 aliphatic carbocycles. The second kappa shape index (κ2) is 7.19. The molecule has 0 saturated carbocycles. The Hall–Kier alpha value is -3.47. The van der Waals surface area contributed by atoms with Crippen molar-refractivity contribution in [3.8, 4) is 34.2 Å². The van der Waals surface area contributed by atoms with Crippen molar-refractivity contribution in [1.82, 2.24) is 19.7 Å². The normalized spacial score (nSPS) is 10.7. The molecule has 5 nitrogen and oxygen atoms in total. The largest absolute Gasteiger partial charge is 0.494 e. The molecule has 2 aromatic carbocycles. The maximum atomic E-state index is 5.54. The molecular weight excluding hydrogens is 324 g/mol. The third-order valence-corrected chi connectivity index (χ3v) is 4.04. The van der Waals surface area contributed by atoms with E-state index in [9.17, 15) is 0 Å². The summed E-state index contributed by atoms with van der Waals surface area (Å²) in [5.41, 5.74) is 2.95. The first kappa shape index (κ1) is 16.0. The van der Waals surface area contributed by atoms with Crippen LogP contribution >= 0.6 is 0 Å². The lowest BCUT2D eigenvalue weighted by Crippen LogP contribution is -2.00. The van der Waals surface area contributed by atoms with Gasteiger partial charge in [0.05, 0.1) is 6.61 Å². The third-order valence-electron chi connectivity index (χ3n) is 4.04. The molecule has 4 rings (SSSR count). The van der Waals surface area contributed by atoms with Gasteiger partial charge in [0, 0.05) is 29.2 Å². The van der Waals surface area contributed by atoms with Gasteiger partial charge in [0.2, 0.25) is 0 Å². The number of aromatic nitrogens is 4. The number of hydrogen-bond donors (Lipinski definition) is 0. The first-order valence-corrected chi connectivity index (χ1v) is 8.51. The molecule has 0 amide bonds. The van der Waals surface area contributed by atoms with Crippen LogP contribution in [-0.4, -0.2) is 26.4 Å². The standard InChI is InChI=1S/C21H18N4O/c1-2-26-19-10-8-16(9-11-19)20-23-24-21(17-12-14-22-15-13-17)25(20)18-6-4-3-5-7-18/h3-15H,2H2,1H3. The van der Waals surface area contributed by atoms with Crippen LogP contribution in [0.4, 0.5) is 0 Å². The molecule has 4 aromatic rings. The Bertz CT molecular complexity index is 980. The zero-order valence-corrected chi connectivity index (χ0v) is 14.4. The lowest BCUT2D eigenvalue weighted by atomic mass is 10.2. The van der Waals surface area contributed by atoms with Gasteiger partial charge in [-0.1, -0.05) is 18.2 Å². The Morgan fingerprint density at radius 2 is 1.38 bits per heavy atom. The highest BCUT2D eigenvalue weighted by Gasteiger charge is 2.17. The van der Waals surface area contributed by atoms with Crippen molar-refractivity contribution in [1.29, 1.82) is 0 Å². The summed E-state index contributed by atoms with van der Waals surface area (Å²) in [6.45, 7) is 2.62. The number of rotatable bonds is 5. The first-order chi connectivity index (χ1) is 12.9. The number of nitrogens with zero attached hydrogens (tertiary/aromatic N) is 4. The van der Waals surface area contributed by atoms with Gasteiger partial charge in [-0.3, -0.25) is 9.55 Å². The molecule has 0 radical (unpaired) electrons. The maximum absolute atomic E-state index is 5.54. The molecule has 128 valence electrons. The lowest BCUT2D eigenvalue weighted by molar-refractivity contribution is 0.340. The van der Waals surface area contributed by atoms with Crippen molar-refractivity contribution < 1.29 is 4.74 Å². The average Bonchev–Trinajstić information content (AvgIpc) is 3.15. The van der Waals surface area contributed by atoms with E-state index >= 15 is 0 Å². The van der Waals surface area contributed by atoms with Crippen LogP contribution < -0.4 is 4.74 Å². The average molecular weight is 342 g/mol. The highest BCUT2D eigenvalue weighted by atomic mass is 16.5. The van der Waals surface area contributed by atoms with Crippen LogP contribution in [0.3, 0.4) is 0 Å². The van der Waals surface area contributed by atoms with Crippen LogP contribution in [0.2, 0.25) is 0 Å². The maximum Gasteiger partial charge on any atom is 0.168 e. The molecule has 0 atom stereocenters. The van der Waals surface area contributed by atoms with Crippen LogP contribution in [0.1, 0.15) is 6.92 Å². The first-order valence-electron chi connectivity index (χ1n) is 8.51. The van der Waals surface area contributed by atoms with E-state index in [2.05, 4.69) is 19.7 Å². The molecule has 0 fully saturated rings. The summed E-state index contributed by atoms with van der Waals surface area (Å²) >= 11 is 0. The van der Waals surface area contributed by atoms with Crippen LogP contribution in [0, 0.1) is 0 Å². The van der Waals surface area contributed by atoms with Crippen LogP contribution in [-0.2, 0) is 0 Å². The van der Waals surface area contributed by atoms with Gasteiger partial charge in [-0.05, 0) is 55.5 Å². The Kier molecular flexibility index (Phi) is 4.43. The molecule has 0 N–H and O–H groups in total. The molecule has 2 aromatic heterocycles. The Morgan fingerprint density at radius 3 is 2.00 bits per heavy atom. The van der Waals surface area contributed by atoms with E-state index in [4.69, 9.17) is 4.74 Å². The highest BCUT2D eigenvalue weighted by molar-refractivity contribution is 5.66. The summed E-state index contributed by atoms with van der Waals surface area (Å²) in [6.07, 6.45) is 3.52. The highest BCUT2D eigenvalue weighted by Crippen LogP contribution is 2.29. The van der Waals surface area contributed by atoms with E-state index in [-0.39, 0.29) is 0 Å². The van der Waals surface area contributed by atoms with E-state index in [1.165, 1.54) is 0 Å². The minimum absolute atomic E-state index is 0.645. The van der Waals surface area contributed by atoms with Crippen LogP contribution in [0.25, 0.3) is 28.5 Å². The molecule has 0 spiro atoms. The minimum atomic E-state index is 0.645. The number of pyridine rings is 1. The zero-order chi connectivity index (χ0) is 17.8. The van der Waals surface area contributed by atoms with Crippen LogP contribution in [0.15, 0.2) is 79.1 Å². The van der Waals surface area contributed by atoms with Crippen molar-refractivity contribution in [3.63, 3.8) is 0 Å². The number of para-hydroxylation sites is 1. The summed E-state index contributed by atoms with van der Waals surface area (Å²) in [6, 6.07) is 21.9. The lowest BCUT2D eigenvalue weighted by Gasteiger charge is -2.11. The van der Waals surface area contributed by atoms with Crippen molar-refractivity contribution in [2.24, 2.45) is 0 Å². The molecule has 5 heteroatoms. The van der Waals surface area contributed by atoms with Gasteiger partial charge in [0.15, 0.2) is 11.6 Å². The summed E-state index contributed by atoms with van der Waals surface area (Å²) in [5.74, 6) is 2.41. The van der Waals surface area contributed by atoms with Gasteiger partial charge in [-0.25, -0.2) is 0 Å². The molecule has 0 aliphatic heterocycles. The predicted molar refractivity (Wildman–Crippen MR) is 101 cm³/mol. The number of benzene rings is 2. The zero-order valence-electron chi connectivity index (χ0n) is 14.4. The van der Waals surface area contributed by atoms with Gasteiger partial charge >= 0.3 is 0 Å². The second-order valence-corrected chi connectivity index (χ2v) is 5.71. The third kappa shape index (κ3) is 3.07. The smallest absolute Gasteiger partial charge is 0.168 e. The summed E-state index contributed by atoms with van der Waals surface area (Å²) in [4.78, 5) is 4.09. The fraction of sp³-hybridized carbons (Fsp3) is 0.0952. The fourth-order valence-corrected chi connectivity index (χ4v) is 2.85. The van der Waals surface area contributed by atoms with E-state index in [1.807, 2.05) is 73.7 Å². The molecule has 2 heterocycles. The summed E-state index contributed by atoms with van der Waals surface area (Å²) < 4.78 is 7.60. The monoisotopic (exact) mass is 342 g/mol. The van der Waals surface area contributed by atoms with Crippen molar-refractivity contribution in [3.05, 3.63) is 79.1 Å². The van der Waals surface area contributed by atoms with Crippen molar-refractivity contribution in [2.45, 2.75) is 6.92 Å². The molecular formula is C21H18N4O. The van der Waals surface area contributed by atoms with Gasteiger partial charge in [0.25, 0.3) is 0 Å². The van der Waals surface area contributed by atoms with Crippen molar-refractivity contribution >= 4 is 0 Å². The van der Waals surface area contributed by atoms with Crippen LogP contribution in [0.5, 0.6) is 5.75 Å². The SMILES string of the molecule is CCOc1ccc(-c2nnc(-c3ccncc3)n2-c2ccccc2)cc1. The van der Waals surface area contributed by atoms with E-state index in [0.717, 1.165) is 34.2 Å². The Balaban J connectivity index is 1.86. The van der Waals surface area contributed by atoms with Gasteiger partial charge in [0.1, 0.15) is 5.75 Å². The minimum Gasteiger partial charge on any atom is -0.494 e. The van der Waals surface area contributed by atoms with E-state index in [1.54, 1.807) is 12.4 Å². The summed E-state index contributed by atoms with van der Waals surface area (Å²) in [5, 5.41) is 8.92. The number of hydrogen-bond acceptors (Lipinski definition) is 4. The quantitative estimate of drug-likeness (QED) is 0.539. The molecule has 0 unspecified atom stereocenters.